The van der Waals surface area contributed by atoms with Gasteiger partial charge in [0.1, 0.15) is 0 Å². The van der Waals surface area contributed by atoms with E-state index in [1.807, 2.05) is 17.5 Å². The Bertz CT molecular complexity index is 1340. The van der Waals surface area contributed by atoms with Crippen LogP contribution in [0.25, 0.3) is 11.0 Å². The predicted molar refractivity (Wildman–Crippen MR) is 117 cm³/mol. The number of carbonyl (C=O) groups excluding carboxylic acids is 1. The highest BCUT2D eigenvalue weighted by atomic mass is 32.2. The molecule has 0 saturated heterocycles. The summed E-state index contributed by atoms with van der Waals surface area (Å²) < 4.78 is 27.4. The van der Waals surface area contributed by atoms with Gasteiger partial charge in [0.15, 0.2) is 0 Å². The Balaban J connectivity index is 1.41. The lowest BCUT2D eigenvalue weighted by molar-refractivity contribution is 0.102. The molecule has 0 atom stereocenters. The number of H-pyrrole nitrogens is 2. The quantitative estimate of drug-likeness (QED) is 0.351. The summed E-state index contributed by atoms with van der Waals surface area (Å²) in [5.41, 5.74) is 1.71. The second-order valence-corrected chi connectivity index (χ2v) is 9.34. The van der Waals surface area contributed by atoms with Crippen LogP contribution < -0.4 is 15.7 Å². The monoisotopic (exact) mass is 442 g/mol. The average Bonchev–Trinajstić information content (AvgIpc) is 3.36. The highest BCUT2D eigenvalue weighted by Gasteiger charge is 2.15. The minimum absolute atomic E-state index is 0.0940. The number of nitrogens with one attached hydrogen (secondary N) is 4. The maximum atomic E-state index is 12.5. The van der Waals surface area contributed by atoms with Crippen LogP contribution >= 0.6 is 11.3 Å². The zero-order valence-electron chi connectivity index (χ0n) is 15.6. The molecule has 0 unspecified atom stereocenters. The summed E-state index contributed by atoms with van der Waals surface area (Å²) in [5, 5.41) is 4.68. The number of sulfonamides is 1. The fourth-order valence-corrected chi connectivity index (χ4v) is 4.69. The molecule has 0 aliphatic heterocycles. The first-order chi connectivity index (χ1) is 14.4. The lowest BCUT2D eigenvalue weighted by Crippen LogP contribution is -2.26. The number of hydrogen-bond donors (Lipinski definition) is 4. The van der Waals surface area contributed by atoms with Gasteiger partial charge in [-0.3, -0.25) is 4.79 Å². The van der Waals surface area contributed by atoms with Gasteiger partial charge in [-0.15, -0.1) is 11.3 Å². The van der Waals surface area contributed by atoms with Crippen LogP contribution in [-0.2, 0) is 16.4 Å². The van der Waals surface area contributed by atoms with Gasteiger partial charge in [0.25, 0.3) is 5.91 Å². The van der Waals surface area contributed by atoms with E-state index in [2.05, 4.69) is 20.0 Å². The van der Waals surface area contributed by atoms with E-state index in [4.69, 9.17) is 0 Å². The van der Waals surface area contributed by atoms with Crippen molar-refractivity contribution in [2.45, 2.75) is 11.3 Å². The molecule has 0 spiro atoms. The molecule has 0 fully saturated rings. The fraction of sp³-hybridized carbons (Fsp3) is 0.100. The Morgan fingerprint density at radius 2 is 1.77 bits per heavy atom. The van der Waals surface area contributed by atoms with Crippen molar-refractivity contribution in [3.8, 4) is 0 Å². The number of imidazole rings is 1. The average molecular weight is 443 g/mol. The second-order valence-electron chi connectivity index (χ2n) is 6.55. The molecule has 0 bridgehead atoms. The molecule has 154 valence electrons. The minimum atomic E-state index is -3.65. The topological polar surface area (TPSA) is 124 Å². The molecule has 8 nitrogen and oxygen atoms in total. The SMILES string of the molecule is O=C(Nc1ccc2[nH]c(=O)[nH]c2c1)c1ccc(S(=O)(=O)NCCc2cccs2)cc1. The van der Waals surface area contributed by atoms with Crippen LogP contribution in [0, 0.1) is 0 Å². The number of rotatable bonds is 7. The van der Waals surface area contributed by atoms with Crippen molar-refractivity contribution in [3.63, 3.8) is 0 Å². The second kappa shape index (κ2) is 8.27. The largest absolute Gasteiger partial charge is 0.323 e. The molecule has 0 radical (unpaired) electrons. The van der Waals surface area contributed by atoms with Crippen LogP contribution in [0.4, 0.5) is 5.69 Å². The van der Waals surface area contributed by atoms with Gasteiger partial charge in [-0.1, -0.05) is 6.07 Å². The van der Waals surface area contributed by atoms with Crippen molar-refractivity contribution in [3.05, 3.63) is 80.9 Å². The molecule has 4 rings (SSSR count). The third kappa shape index (κ3) is 4.51. The zero-order valence-corrected chi connectivity index (χ0v) is 17.3. The molecule has 30 heavy (non-hydrogen) atoms. The van der Waals surface area contributed by atoms with Crippen molar-refractivity contribution in [1.29, 1.82) is 0 Å². The van der Waals surface area contributed by atoms with Gasteiger partial charge >= 0.3 is 5.69 Å². The van der Waals surface area contributed by atoms with Gasteiger partial charge in [-0.25, -0.2) is 17.9 Å². The molecule has 1 amide bonds. The van der Waals surface area contributed by atoms with Crippen molar-refractivity contribution in [1.82, 2.24) is 14.7 Å². The molecule has 10 heteroatoms. The van der Waals surface area contributed by atoms with Crippen LogP contribution in [0.15, 0.2) is 69.7 Å². The number of thiophene rings is 1. The van der Waals surface area contributed by atoms with Crippen LogP contribution in [0.1, 0.15) is 15.2 Å². The Labute approximate surface area is 176 Å². The first-order valence-electron chi connectivity index (χ1n) is 9.06. The van der Waals surface area contributed by atoms with Gasteiger partial charge in [-0.2, -0.15) is 0 Å². The zero-order chi connectivity index (χ0) is 21.1. The molecule has 0 aliphatic rings. The van der Waals surface area contributed by atoms with Crippen LogP contribution in [0.3, 0.4) is 0 Å². The van der Waals surface area contributed by atoms with E-state index in [0.29, 0.717) is 35.2 Å². The number of hydrogen-bond acceptors (Lipinski definition) is 5. The first-order valence-corrected chi connectivity index (χ1v) is 11.4. The van der Waals surface area contributed by atoms with Crippen molar-refractivity contribution < 1.29 is 13.2 Å². The lowest BCUT2D eigenvalue weighted by Gasteiger charge is -2.08. The van der Waals surface area contributed by atoms with Gasteiger partial charge in [0, 0.05) is 22.7 Å². The summed E-state index contributed by atoms with van der Waals surface area (Å²) in [6, 6.07) is 14.6. The number of anilines is 1. The third-order valence-electron chi connectivity index (χ3n) is 4.44. The van der Waals surface area contributed by atoms with E-state index in [0.717, 1.165) is 4.88 Å². The van der Waals surface area contributed by atoms with E-state index in [-0.39, 0.29) is 16.5 Å². The summed E-state index contributed by atoms with van der Waals surface area (Å²) >= 11 is 1.58. The van der Waals surface area contributed by atoms with Crippen LogP contribution in [0.5, 0.6) is 0 Å². The molecular weight excluding hydrogens is 424 g/mol. The van der Waals surface area contributed by atoms with E-state index in [9.17, 15) is 18.0 Å². The number of benzene rings is 2. The summed E-state index contributed by atoms with van der Waals surface area (Å²) in [6.45, 7) is 0.300. The lowest BCUT2D eigenvalue weighted by atomic mass is 10.2. The van der Waals surface area contributed by atoms with E-state index in [1.165, 1.54) is 24.3 Å². The van der Waals surface area contributed by atoms with Gasteiger partial charge in [0.2, 0.25) is 10.0 Å². The third-order valence-corrected chi connectivity index (χ3v) is 6.86. The Kier molecular flexibility index (Phi) is 5.53. The van der Waals surface area contributed by atoms with E-state index < -0.39 is 10.0 Å². The van der Waals surface area contributed by atoms with Gasteiger partial charge in [0.05, 0.1) is 15.9 Å². The van der Waals surface area contributed by atoms with Crippen LogP contribution in [0.2, 0.25) is 0 Å². The molecule has 4 N–H and O–H groups in total. The van der Waals surface area contributed by atoms with Crippen LogP contribution in [-0.4, -0.2) is 30.8 Å². The number of aromatic amines is 2. The molecule has 0 aliphatic carbocycles. The van der Waals surface area contributed by atoms with Crippen molar-refractivity contribution in [2.75, 3.05) is 11.9 Å². The molecule has 2 aromatic heterocycles. The Morgan fingerprint density at radius 3 is 2.50 bits per heavy atom. The minimum Gasteiger partial charge on any atom is -0.322 e. The number of carbonyl (C=O) groups is 1. The molecule has 2 heterocycles. The number of fused-ring (bicyclic) bond motifs is 1. The van der Waals surface area contributed by atoms with Gasteiger partial charge in [-0.05, 0) is 60.3 Å². The molecule has 0 saturated carbocycles. The smallest absolute Gasteiger partial charge is 0.322 e. The Morgan fingerprint density at radius 1 is 1.00 bits per heavy atom. The predicted octanol–water partition coefficient (Wildman–Crippen LogP) is 2.69. The fourth-order valence-electron chi connectivity index (χ4n) is 2.95. The normalized spacial score (nSPS) is 11.6. The number of amides is 1. The molecular formula is C20H18N4O4S2. The summed E-state index contributed by atoms with van der Waals surface area (Å²) in [7, 11) is -3.65. The van der Waals surface area contributed by atoms with E-state index >= 15 is 0 Å². The molecule has 4 aromatic rings. The summed E-state index contributed by atoms with van der Waals surface area (Å²) in [5.74, 6) is -0.387. The standard InChI is InChI=1S/C20H18N4O4S2/c25-19(22-14-5-8-17-18(12-14)24-20(26)23-17)13-3-6-16(7-4-13)30(27,28)21-10-9-15-2-1-11-29-15/h1-8,11-12,21H,9-10H2,(H,22,25)(H2,23,24,26). The van der Waals surface area contributed by atoms with Crippen molar-refractivity contribution >= 4 is 44.0 Å². The first kappa shape index (κ1) is 20.1. The highest BCUT2D eigenvalue weighted by molar-refractivity contribution is 7.89. The molecule has 2 aromatic carbocycles. The Hall–Kier alpha value is -3.21. The highest BCUT2D eigenvalue weighted by Crippen LogP contribution is 2.17. The number of aromatic nitrogens is 2. The maximum absolute atomic E-state index is 12.5. The summed E-state index contributed by atoms with van der Waals surface area (Å²) in [6.07, 6.45) is 0.619. The van der Waals surface area contributed by atoms with E-state index in [1.54, 1.807) is 29.5 Å². The van der Waals surface area contributed by atoms with Crippen molar-refractivity contribution in [2.24, 2.45) is 0 Å². The van der Waals surface area contributed by atoms with Gasteiger partial charge < -0.3 is 15.3 Å². The summed E-state index contributed by atoms with van der Waals surface area (Å²) in [4.78, 5) is 30.2. The maximum Gasteiger partial charge on any atom is 0.323 e.